The van der Waals surface area contributed by atoms with Crippen LogP contribution < -0.4 is 5.73 Å². The first-order valence-electron chi connectivity index (χ1n) is 4.12. The van der Waals surface area contributed by atoms with E-state index < -0.39 is 10.8 Å². The second-order valence-corrected chi connectivity index (χ2v) is 5.05. The van der Waals surface area contributed by atoms with E-state index in [1.54, 1.807) is 7.11 Å². The lowest BCUT2D eigenvalue weighted by molar-refractivity contribution is 0.0205. The summed E-state index contributed by atoms with van der Waals surface area (Å²) in [6.07, 6.45) is 0.816. The van der Waals surface area contributed by atoms with Gasteiger partial charge in [0.1, 0.15) is 0 Å². The Labute approximate surface area is 77.1 Å². The molecule has 0 fully saturated rings. The summed E-state index contributed by atoms with van der Waals surface area (Å²) in [7, 11) is 0.899. The monoisotopic (exact) mass is 193 g/mol. The van der Waals surface area contributed by atoms with E-state index in [1.165, 1.54) is 0 Å². The number of hydrogen-bond donors (Lipinski definition) is 1. The maximum atomic E-state index is 11.2. The van der Waals surface area contributed by atoms with Crippen LogP contribution in [0.1, 0.15) is 20.3 Å². The van der Waals surface area contributed by atoms with Crippen molar-refractivity contribution in [2.24, 2.45) is 5.73 Å². The van der Waals surface area contributed by atoms with Gasteiger partial charge in [-0.15, -0.1) is 0 Å². The average Bonchev–Trinajstić information content (AvgIpc) is 2.02. The van der Waals surface area contributed by atoms with Crippen LogP contribution in [-0.2, 0) is 15.5 Å². The fourth-order valence-electron chi connectivity index (χ4n) is 0.695. The van der Waals surface area contributed by atoms with Crippen LogP contribution in [0.3, 0.4) is 0 Å². The Morgan fingerprint density at radius 1 is 1.42 bits per heavy atom. The molecule has 0 aliphatic rings. The molecule has 0 saturated heterocycles. The van der Waals surface area contributed by atoms with Crippen molar-refractivity contribution in [3.63, 3.8) is 0 Å². The van der Waals surface area contributed by atoms with Crippen molar-refractivity contribution < 1.29 is 8.95 Å². The first kappa shape index (κ1) is 12.1. The van der Waals surface area contributed by atoms with E-state index in [1.807, 2.05) is 13.8 Å². The lowest BCUT2D eigenvalue weighted by Gasteiger charge is -2.22. The molecule has 0 aromatic rings. The van der Waals surface area contributed by atoms with Crippen molar-refractivity contribution in [3.05, 3.63) is 0 Å². The van der Waals surface area contributed by atoms with Crippen molar-refractivity contribution in [2.45, 2.75) is 25.9 Å². The molecule has 0 aromatic heterocycles. The van der Waals surface area contributed by atoms with Gasteiger partial charge in [-0.2, -0.15) is 0 Å². The van der Waals surface area contributed by atoms with E-state index in [0.29, 0.717) is 18.1 Å². The van der Waals surface area contributed by atoms with Crippen molar-refractivity contribution in [1.29, 1.82) is 0 Å². The van der Waals surface area contributed by atoms with Crippen LogP contribution in [0, 0.1) is 0 Å². The molecule has 12 heavy (non-hydrogen) atoms. The molecule has 0 aliphatic carbocycles. The Morgan fingerprint density at radius 2 is 2.00 bits per heavy atom. The minimum Gasteiger partial charge on any atom is -0.379 e. The Hall–Kier alpha value is 0.0700. The van der Waals surface area contributed by atoms with Gasteiger partial charge in [-0.1, -0.05) is 0 Å². The molecule has 3 nitrogen and oxygen atoms in total. The highest BCUT2D eigenvalue weighted by Gasteiger charge is 2.16. The summed E-state index contributed by atoms with van der Waals surface area (Å²) in [6, 6.07) is 0. The summed E-state index contributed by atoms with van der Waals surface area (Å²) in [5, 5.41) is 0. The van der Waals surface area contributed by atoms with E-state index in [-0.39, 0.29) is 5.60 Å². The molecule has 0 aliphatic heterocycles. The standard InChI is InChI=1S/C8H19NO2S/c1-8(2,11-3)4-6-12(10)7-5-9/h4-7,9H2,1-3H3. The SMILES string of the molecule is COC(C)(C)CCS(=O)CCN. The van der Waals surface area contributed by atoms with E-state index in [4.69, 9.17) is 10.5 Å². The topological polar surface area (TPSA) is 52.3 Å². The molecule has 74 valence electrons. The molecule has 4 heteroatoms. The Morgan fingerprint density at radius 3 is 2.42 bits per heavy atom. The zero-order valence-electron chi connectivity index (χ0n) is 8.13. The maximum Gasteiger partial charge on any atom is 0.0631 e. The van der Waals surface area contributed by atoms with Crippen LogP contribution in [0.4, 0.5) is 0 Å². The normalized spacial score (nSPS) is 14.7. The number of hydrogen-bond acceptors (Lipinski definition) is 3. The molecule has 2 N–H and O–H groups in total. The third-order valence-electron chi connectivity index (χ3n) is 1.83. The van der Waals surface area contributed by atoms with Crippen molar-refractivity contribution >= 4 is 10.8 Å². The van der Waals surface area contributed by atoms with E-state index in [2.05, 4.69) is 0 Å². The molecule has 0 radical (unpaired) electrons. The highest BCUT2D eigenvalue weighted by Crippen LogP contribution is 2.12. The molecule has 0 saturated carbocycles. The molecule has 0 aromatic carbocycles. The van der Waals surface area contributed by atoms with E-state index in [9.17, 15) is 4.21 Å². The largest absolute Gasteiger partial charge is 0.379 e. The predicted molar refractivity (Wildman–Crippen MR) is 52.6 cm³/mol. The van der Waals surface area contributed by atoms with Gasteiger partial charge in [0.05, 0.1) is 5.60 Å². The number of nitrogens with two attached hydrogens (primary N) is 1. The fraction of sp³-hybridized carbons (Fsp3) is 1.00. The Bertz CT molecular complexity index is 148. The summed E-state index contributed by atoms with van der Waals surface area (Å²) < 4.78 is 16.4. The quantitative estimate of drug-likeness (QED) is 0.668. The Balaban J connectivity index is 3.60. The van der Waals surface area contributed by atoms with Crippen molar-refractivity contribution in [3.8, 4) is 0 Å². The molecule has 1 atom stereocenters. The van der Waals surface area contributed by atoms with E-state index in [0.717, 1.165) is 6.42 Å². The molecule has 0 rings (SSSR count). The van der Waals surface area contributed by atoms with Gasteiger partial charge in [0.25, 0.3) is 0 Å². The van der Waals surface area contributed by atoms with Crippen LogP contribution in [0.2, 0.25) is 0 Å². The molecule has 0 bridgehead atoms. The molecule has 0 amide bonds. The summed E-state index contributed by atoms with van der Waals surface area (Å²) in [5.74, 6) is 1.28. The predicted octanol–water partition coefficient (Wildman–Crippen LogP) is 0.509. The van der Waals surface area contributed by atoms with E-state index >= 15 is 0 Å². The van der Waals surface area contributed by atoms with Gasteiger partial charge in [-0.3, -0.25) is 4.21 Å². The third kappa shape index (κ3) is 5.69. The average molecular weight is 193 g/mol. The lowest BCUT2D eigenvalue weighted by Crippen LogP contribution is -2.26. The Kier molecular flexibility index (Phi) is 5.70. The first-order chi connectivity index (χ1) is 5.52. The number of rotatable bonds is 6. The van der Waals surface area contributed by atoms with Gasteiger partial charge in [0.2, 0.25) is 0 Å². The summed E-state index contributed by atoms with van der Waals surface area (Å²) in [5.41, 5.74) is 5.11. The number of ether oxygens (including phenoxy) is 1. The lowest BCUT2D eigenvalue weighted by atomic mass is 10.1. The van der Waals surface area contributed by atoms with Gasteiger partial charge >= 0.3 is 0 Å². The minimum atomic E-state index is -0.773. The first-order valence-corrected chi connectivity index (χ1v) is 5.61. The molecular formula is C8H19NO2S. The van der Waals surface area contributed by atoms with Gasteiger partial charge in [-0.25, -0.2) is 0 Å². The zero-order valence-corrected chi connectivity index (χ0v) is 8.95. The molecule has 1 unspecified atom stereocenters. The maximum absolute atomic E-state index is 11.2. The van der Waals surface area contributed by atoms with Crippen LogP contribution in [-0.4, -0.2) is 35.0 Å². The summed E-state index contributed by atoms with van der Waals surface area (Å²) in [6.45, 7) is 4.49. The van der Waals surface area contributed by atoms with Crippen LogP contribution in [0.5, 0.6) is 0 Å². The van der Waals surface area contributed by atoms with Crippen molar-refractivity contribution in [2.75, 3.05) is 25.2 Å². The molecule has 0 heterocycles. The minimum absolute atomic E-state index is 0.162. The van der Waals surface area contributed by atoms with Gasteiger partial charge < -0.3 is 10.5 Å². The summed E-state index contributed by atoms with van der Waals surface area (Å²) in [4.78, 5) is 0. The smallest absolute Gasteiger partial charge is 0.0631 e. The molecular weight excluding hydrogens is 174 g/mol. The van der Waals surface area contributed by atoms with Crippen LogP contribution in [0.25, 0.3) is 0 Å². The highest BCUT2D eigenvalue weighted by atomic mass is 32.2. The zero-order chi connectivity index (χ0) is 9.61. The van der Waals surface area contributed by atoms with Crippen LogP contribution in [0.15, 0.2) is 0 Å². The van der Waals surface area contributed by atoms with Gasteiger partial charge in [-0.05, 0) is 20.3 Å². The van der Waals surface area contributed by atoms with Crippen molar-refractivity contribution in [1.82, 2.24) is 0 Å². The second kappa shape index (κ2) is 5.67. The van der Waals surface area contributed by atoms with Gasteiger partial charge in [0.15, 0.2) is 0 Å². The number of methoxy groups -OCH3 is 1. The highest BCUT2D eigenvalue weighted by molar-refractivity contribution is 7.84. The second-order valence-electron chi connectivity index (χ2n) is 3.35. The fourth-order valence-corrected chi connectivity index (χ4v) is 1.88. The summed E-state index contributed by atoms with van der Waals surface area (Å²) >= 11 is 0. The van der Waals surface area contributed by atoms with Gasteiger partial charge in [0, 0.05) is 36.0 Å². The third-order valence-corrected chi connectivity index (χ3v) is 3.18. The van der Waals surface area contributed by atoms with Crippen LogP contribution >= 0.6 is 0 Å². The molecule has 0 spiro atoms.